The maximum atomic E-state index is 12.4. The van der Waals surface area contributed by atoms with Crippen LogP contribution in [0.5, 0.6) is 0 Å². The van der Waals surface area contributed by atoms with E-state index in [-0.39, 0.29) is 5.56 Å². The third-order valence-corrected chi connectivity index (χ3v) is 6.85. The molecule has 2 aromatic carbocycles. The van der Waals surface area contributed by atoms with Crippen LogP contribution in [0.25, 0.3) is 21.9 Å². The third kappa shape index (κ3) is 3.28. The van der Waals surface area contributed by atoms with Gasteiger partial charge in [-0.2, -0.15) is 4.31 Å². The van der Waals surface area contributed by atoms with E-state index in [9.17, 15) is 13.9 Å². The summed E-state index contributed by atoms with van der Waals surface area (Å²) in [6, 6.07) is 14.7. The van der Waals surface area contributed by atoms with Crippen molar-refractivity contribution in [1.29, 1.82) is 0 Å². The lowest BCUT2D eigenvalue weighted by atomic mass is 10.0. The number of fused-ring (bicyclic) bond motifs is 1. The monoisotopic (exact) mass is 386 g/mol. The summed E-state index contributed by atoms with van der Waals surface area (Å²) in [6.45, 7) is 1.94. The van der Waals surface area contributed by atoms with Crippen molar-refractivity contribution in [3.05, 3.63) is 65.1 Å². The minimum Gasteiger partial charge on any atom is -0.379 e. The van der Waals surface area contributed by atoms with Crippen LogP contribution < -0.4 is 5.56 Å². The van der Waals surface area contributed by atoms with Crippen molar-refractivity contribution in [2.24, 2.45) is 7.05 Å². The van der Waals surface area contributed by atoms with Gasteiger partial charge in [-0.3, -0.25) is 13.9 Å². The van der Waals surface area contributed by atoms with Gasteiger partial charge in [0.05, 0.1) is 18.1 Å². The first kappa shape index (κ1) is 18.2. The molecule has 0 atom stereocenters. The average Bonchev–Trinajstić information content (AvgIpc) is 2.71. The van der Waals surface area contributed by atoms with Gasteiger partial charge in [-0.05, 0) is 29.1 Å². The van der Waals surface area contributed by atoms with Crippen LogP contribution in [-0.2, 0) is 11.8 Å². The van der Waals surface area contributed by atoms with E-state index in [1.54, 1.807) is 34.2 Å². The molecular weight excluding hydrogens is 364 g/mol. The third-order valence-electron chi connectivity index (χ3n) is 4.88. The Morgan fingerprint density at radius 1 is 1.00 bits per heavy atom. The molecule has 3 aromatic rings. The van der Waals surface area contributed by atoms with Crippen LogP contribution in [0, 0.1) is 0 Å². The summed E-state index contributed by atoms with van der Waals surface area (Å²) in [5, 5.41) is 1.49. The van der Waals surface area contributed by atoms with Crippen molar-refractivity contribution in [1.82, 2.24) is 8.87 Å². The topological polar surface area (TPSA) is 74.9 Å². The number of aromatic nitrogens is 1. The van der Waals surface area contributed by atoms with Gasteiger partial charge in [0.15, 0.2) is 0 Å². The van der Waals surface area contributed by atoms with Crippen molar-refractivity contribution in [3.63, 3.8) is 0 Å². The highest BCUT2D eigenvalue weighted by Gasteiger charge is 2.27. The van der Waals surface area contributed by atoms with Crippen LogP contribution in [0.1, 0.15) is 0 Å². The van der Waals surface area contributed by atoms with Crippen molar-refractivity contribution in [2.45, 2.75) is 4.90 Å². The molecule has 6 nitrogen and oxygen atoms in total. The number of hydrogen-bond donors (Lipinski definition) is 2. The van der Waals surface area contributed by atoms with E-state index in [4.69, 9.17) is 4.74 Å². The summed E-state index contributed by atoms with van der Waals surface area (Å²) >= 11 is 0. The first-order chi connectivity index (χ1) is 13.0. The maximum absolute atomic E-state index is 12.4. The predicted molar refractivity (Wildman–Crippen MR) is 108 cm³/mol. The lowest BCUT2D eigenvalue weighted by molar-refractivity contribution is 0.0685. The molecule has 142 valence electrons. The van der Waals surface area contributed by atoms with Crippen molar-refractivity contribution in [3.8, 4) is 11.1 Å². The van der Waals surface area contributed by atoms with Crippen molar-refractivity contribution >= 4 is 21.5 Å². The van der Waals surface area contributed by atoms with Crippen LogP contribution in [-0.4, -0.2) is 44.3 Å². The second-order valence-electron chi connectivity index (χ2n) is 6.59. The minimum absolute atomic E-state index is 0.0527. The maximum Gasteiger partial charge on any atom is 0.258 e. The number of nitrogens with zero attached hydrogens (tertiary/aromatic N) is 2. The van der Waals surface area contributed by atoms with Crippen LogP contribution in [0.2, 0.25) is 0 Å². The Morgan fingerprint density at radius 2 is 1.70 bits per heavy atom. The summed E-state index contributed by atoms with van der Waals surface area (Å²) in [5.41, 5.74) is 1.67. The fourth-order valence-corrected chi connectivity index (χ4v) is 4.93. The van der Waals surface area contributed by atoms with Crippen molar-refractivity contribution < 1.29 is 13.8 Å². The van der Waals surface area contributed by atoms with Crippen LogP contribution in [0.3, 0.4) is 0 Å². The fourth-order valence-electron chi connectivity index (χ4n) is 3.43. The molecule has 7 heteroatoms. The molecule has 1 aromatic heterocycles. The minimum atomic E-state index is -3.08. The highest BCUT2D eigenvalue weighted by molar-refractivity contribution is 8.22. The summed E-state index contributed by atoms with van der Waals surface area (Å²) in [5.74, 6) is 0. The lowest BCUT2D eigenvalue weighted by Crippen LogP contribution is -2.38. The normalized spacial score (nSPS) is 16.6. The Hall–Kier alpha value is -2.16. The SMILES string of the molecule is Cn1cc(-c2cccc(S(O)(O)N3CCOCC3)c2)c2ccccc2c1=O. The largest absolute Gasteiger partial charge is 0.379 e. The number of benzene rings is 2. The number of ether oxygens (including phenoxy) is 1. The molecule has 1 saturated heterocycles. The molecule has 1 fully saturated rings. The molecule has 2 heterocycles. The Bertz CT molecular complexity index is 1040. The van der Waals surface area contributed by atoms with E-state index in [1.807, 2.05) is 36.4 Å². The van der Waals surface area contributed by atoms with E-state index in [1.165, 1.54) is 0 Å². The predicted octanol–water partition coefficient (Wildman–Crippen LogP) is 3.56. The molecule has 1 aliphatic heterocycles. The van der Waals surface area contributed by atoms with Gasteiger partial charge in [-0.15, -0.1) is 10.8 Å². The van der Waals surface area contributed by atoms with Gasteiger partial charge in [0, 0.05) is 37.3 Å². The molecule has 0 amide bonds. The Morgan fingerprint density at radius 3 is 2.44 bits per heavy atom. The van der Waals surface area contributed by atoms with Gasteiger partial charge < -0.3 is 9.30 Å². The zero-order valence-corrected chi connectivity index (χ0v) is 15.9. The van der Waals surface area contributed by atoms with E-state index in [0.29, 0.717) is 36.6 Å². The Kier molecular flexibility index (Phi) is 4.79. The molecule has 27 heavy (non-hydrogen) atoms. The van der Waals surface area contributed by atoms with E-state index in [0.717, 1.165) is 16.5 Å². The number of rotatable bonds is 3. The highest BCUT2D eigenvalue weighted by Crippen LogP contribution is 2.52. The van der Waals surface area contributed by atoms with Gasteiger partial charge >= 0.3 is 0 Å². The standard InChI is InChI=1S/C20H22N2O4S/c1-21-14-19(17-7-2-3-8-18(17)20(21)23)15-5-4-6-16(13-15)27(24,25)22-9-11-26-12-10-22/h2-8,13-14,24-25H,9-12H2,1H3. The molecule has 0 aliphatic carbocycles. The molecule has 0 bridgehead atoms. The second-order valence-corrected chi connectivity index (χ2v) is 8.62. The molecule has 4 rings (SSSR count). The molecule has 2 N–H and O–H groups in total. The van der Waals surface area contributed by atoms with Crippen LogP contribution in [0.15, 0.2) is 64.4 Å². The number of morpholine rings is 1. The van der Waals surface area contributed by atoms with Crippen LogP contribution >= 0.6 is 10.8 Å². The summed E-state index contributed by atoms with van der Waals surface area (Å²) < 4.78 is 30.2. The quantitative estimate of drug-likeness (QED) is 0.720. The molecule has 1 aliphatic rings. The van der Waals surface area contributed by atoms with Gasteiger partial charge in [-0.25, -0.2) is 0 Å². The molecule has 0 saturated carbocycles. The van der Waals surface area contributed by atoms with Gasteiger partial charge in [0.1, 0.15) is 0 Å². The number of hydrogen-bond acceptors (Lipinski definition) is 5. The van der Waals surface area contributed by atoms with Gasteiger partial charge in [-0.1, -0.05) is 30.3 Å². The summed E-state index contributed by atoms with van der Waals surface area (Å²) in [7, 11) is -1.35. The molecular formula is C20H22N2O4S. The fraction of sp³-hybridized carbons (Fsp3) is 0.250. The molecule has 0 spiro atoms. The van der Waals surface area contributed by atoms with Gasteiger partial charge in [0.2, 0.25) is 0 Å². The number of pyridine rings is 1. The first-order valence-corrected chi connectivity index (χ1v) is 10.3. The van der Waals surface area contributed by atoms with Crippen LogP contribution in [0.4, 0.5) is 0 Å². The van der Waals surface area contributed by atoms with E-state index < -0.39 is 10.8 Å². The van der Waals surface area contributed by atoms with E-state index >= 15 is 0 Å². The first-order valence-electron chi connectivity index (χ1n) is 8.78. The Labute approximate surface area is 159 Å². The molecule has 0 radical (unpaired) electrons. The highest BCUT2D eigenvalue weighted by atomic mass is 32.3. The lowest BCUT2D eigenvalue weighted by Gasteiger charge is -2.44. The Balaban J connectivity index is 1.83. The average molecular weight is 386 g/mol. The second kappa shape index (κ2) is 7.10. The summed E-state index contributed by atoms with van der Waals surface area (Å²) in [6.07, 6.45) is 1.80. The zero-order chi connectivity index (χ0) is 19.0. The van der Waals surface area contributed by atoms with Crippen molar-refractivity contribution in [2.75, 3.05) is 26.3 Å². The smallest absolute Gasteiger partial charge is 0.258 e. The zero-order valence-electron chi connectivity index (χ0n) is 15.0. The van der Waals surface area contributed by atoms with E-state index in [2.05, 4.69) is 0 Å². The van der Waals surface area contributed by atoms with Gasteiger partial charge in [0.25, 0.3) is 5.56 Å². The summed E-state index contributed by atoms with van der Waals surface area (Å²) in [4.78, 5) is 12.9. The number of aryl methyl sites for hydroxylation is 1. The molecule has 0 unspecified atom stereocenters.